The van der Waals surface area contributed by atoms with E-state index in [2.05, 4.69) is 69.7 Å². The van der Waals surface area contributed by atoms with Gasteiger partial charge in [-0.1, -0.05) is 43.3 Å². The van der Waals surface area contributed by atoms with Crippen molar-refractivity contribution in [2.75, 3.05) is 20.2 Å². The van der Waals surface area contributed by atoms with Gasteiger partial charge in [-0.05, 0) is 37.3 Å². The number of pyridine rings is 1. The maximum Gasteiger partial charge on any atom is 0.213 e. The minimum absolute atomic E-state index is 0. The van der Waals surface area contributed by atoms with Crippen molar-refractivity contribution in [1.82, 2.24) is 20.5 Å². The van der Waals surface area contributed by atoms with Crippen LogP contribution in [0, 0.1) is 0 Å². The van der Waals surface area contributed by atoms with Crippen molar-refractivity contribution in [2.24, 2.45) is 4.99 Å². The summed E-state index contributed by atoms with van der Waals surface area (Å²) in [6.45, 7) is 7.90. The Balaban J connectivity index is 0.00000341. The summed E-state index contributed by atoms with van der Waals surface area (Å²) in [7, 11) is 1.82. The van der Waals surface area contributed by atoms with Crippen LogP contribution in [-0.4, -0.2) is 48.1 Å². The molecule has 3 rings (SSSR count). The van der Waals surface area contributed by atoms with Gasteiger partial charge < -0.3 is 15.4 Å². The van der Waals surface area contributed by atoms with Crippen molar-refractivity contribution in [3.05, 3.63) is 59.8 Å². The predicted molar refractivity (Wildman–Crippen MR) is 138 cm³/mol. The molecule has 1 aromatic heterocycles. The summed E-state index contributed by atoms with van der Waals surface area (Å²) in [4.78, 5) is 11.3. The van der Waals surface area contributed by atoms with Crippen LogP contribution in [0.25, 0.3) is 0 Å². The van der Waals surface area contributed by atoms with Crippen LogP contribution >= 0.6 is 24.0 Å². The van der Waals surface area contributed by atoms with Gasteiger partial charge >= 0.3 is 0 Å². The molecule has 2 atom stereocenters. The average Bonchev–Trinajstić information content (AvgIpc) is 2.78. The third kappa shape index (κ3) is 8.29. The molecule has 0 saturated carbocycles. The summed E-state index contributed by atoms with van der Waals surface area (Å²) in [5.41, 5.74) is 2.49. The number of benzene rings is 1. The molecule has 1 fully saturated rings. The van der Waals surface area contributed by atoms with Gasteiger partial charge in [0, 0.05) is 51.0 Å². The summed E-state index contributed by atoms with van der Waals surface area (Å²) in [6, 6.07) is 15.7. The van der Waals surface area contributed by atoms with Gasteiger partial charge in [-0.15, -0.1) is 24.0 Å². The number of nitrogens with zero attached hydrogens (tertiary/aromatic N) is 3. The summed E-state index contributed by atoms with van der Waals surface area (Å²) >= 11 is 0. The van der Waals surface area contributed by atoms with Gasteiger partial charge in [-0.2, -0.15) is 0 Å². The molecule has 2 aromatic rings. The molecule has 31 heavy (non-hydrogen) atoms. The second-order valence-electron chi connectivity index (χ2n) is 7.95. The molecular formula is C24H36IN5O. The zero-order valence-corrected chi connectivity index (χ0v) is 21.2. The van der Waals surface area contributed by atoms with Crippen LogP contribution in [0.2, 0.25) is 0 Å². The lowest BCUT2D eigenvalue weighted by Crippen LogP contribution is -2.51. The van der Waals surface area contributed by atoms with E-state index in [9.17, 15) is 0 Å². The molecule has 1 aliphatic rings. The van der Waals surface area contributed by atoms with E-state index in [1.807, 2.05) is 25.4 Å². The molecular weight excluding hydrogens is 501 g/mol. The van der Waals surface area contributed by atoms with Crippen LogP contribution in [0.5, 0.6) is 5.88 Å². The Bertz CT molecular complexity index is 784. The number of nitrogens with one attached hydrogen (secondary N) is 2. The Labute approximate surface area is 203 Å². The lowest BCUT2D eigenvalue weighted by Gasteiger charge is -2.38. The molecule has 2 N–H and O–H groups in total. The summed E-state index contributed by atoms with van der Waals surface area (Å²) in [5, 5.41) is 7.00. The van der Waals surface area contributed by atoms with Crippen molar-refractivity contribution in [3.63, 3.8) is 0 Å². The normalized spacial score (nSPS) is 19.4. The molecule has 1 aliphatic heterocycles. The summed E-state index contributed by atoms with van der Waals surface area (Å²) < 4.78 is 5.54. The van der Waals surface area contributed by atoms with Gasteiger partial charge in [0.2, 0.25) is 5.88 Å². The second-order valence-corrected chi connectivity index (χ2v) is 7.95. The Morgan fingerprint density at radius 1 is 1.19 bits per heavy atom. The number of halogens is 1. The van der Waals surface area contributed by atoms with Crippen LogP contribution < -0.4 is 15.4 Å². The van der Waals surface area contributed by atoms with Crippen LogP contribution in [0.3, 0.4) is 0 Å². The number of guanidine groups is 1. The van der Waals surface area contributed by atoms with Gasteiger partial charge in [-0.25, -0.2) is 4.98 Å². The topological polar surface area (TPSA) is 61.8 Å². The Hall–Kier alpha value is -1.87. The van der Waals surface area contributed by atoms with Crippen molar-refractivity contribution < 1.29 is 4.74 Å². The Kier molecular flexibility index (Phi) is 11.1. The smallest absolute Gasteiger partial charge is 0.213 e. The highest BCUT2D eigenvalue weighted by Gasteiger charge is 2.25. The number of rotatable bonds is 8. The number of ether oxygens (including phenoxy) is 1. The highest BCUT2D eigenvalue weighted by Crippen LogP contribution is 2.20. The van der Waals surface area contributed by atoms with E-state index in [0.717, 1.165) is 43.9 Å². The molecule has 0 bridgehead atoms. The van der Waals surface area contributed by atoms with E-state index < -0.39 is 0 Å². The monoisotopic (exact) mass is 537 g/mol. The number of hydrogen-bond donors (Lipinski definition) is 2. The Morgan fingerprint density at radius 2 is 2.00 bits per heavy atom. The molecule has 1 saturated heterocycles. The van der Waals surface area contributed by atoms with Crippen LogP contribution in [0.1, 0.15) is 44.2 Å². The molecule has 1 aromatic carbocycles. The number of likely N-dealkylation sites (tertiary alicyclic amines) is 1. The quantitative estimate of drug-likeness (QED) is 0.300. The second kappa shape index (κ2) is 13.5. The van der Waals surface area contributed by atoms with Gasteiger partial charge in [0.05, 0.1) is 6.61 Å². The standard InChI is InChI=1S/C24H35N5O.HI/c1-4-14-30-23-11-10-21(16-26-23)17-27-24(25-3)28-22-12-13-29(19(2)15-22)18-20-8-6-5-7-9-20;/h5-11,16,19,22H,4,12-15,17-18H2,1-3H3,(H2,25,27,28);1H. The van der Waals surface area contributed by atoms with E-state index in [1.54, 1.807) is 0 Å². The van der Waals surface area contributed by atoms with E-state index in [1.165, 1.54) is 5.56 Å². The molecule has 7 heteroatoms. The first kappa shape index (κ1) is 25.4. The molecule has 0 aliphatic carbocycles. The first-order chi connectivity index (χ1) is 14.7. The summed E-state index contributed by atoms with van der Waals surface area (Å²) in [5.74, 6) is 1.52. The Morgan fingerprint density at radius 3 is 2.65 bits per heavy atom. The molecule has 2 unspecified atom stereocenters. The molecule has 2 heterocycles. The van der Waals surface area contributed by atoms with E-state index in [0.29, 0.717) is 31.1 Å². The highest BCUT2D eigenvalue weighted by atomic mass is 127. The third-order valence-electron chi connectivity index (χ3n) is 5.52. The van der Waals surface area contributed by atoms with Gasteiger partial charge in [0.25, 0.3) is 0 Å². The van der Waals surface area contributed by atoms with Gasteiger partial charge in [0.1, 0.15) is 0 Å². The maximum atomic E-state index is 5.54. The lowest BCUT2D eigenvalue weighted by atomic mass is 9.97. The van der Waals surface area contributed by atoms with Crippen molar-refractivity contribution >= 4 is 29.9 Å². The first-order valence-electron chi connectivity index (χ1n) is 11.0. The fourth-order valence-corrected chi connectivity index (χ4v) is 3.79. The molecule has 6 nitrogen and oxygen atoms in total. The first-order valence-corrected chi connectivity index (χ1v) is 11.0. The van der Waals surface area contributed by atoms with E-state index >= 15 is 0 Å². The fourth-order valence-electron chi connectivity index (χ4n) is 3.79. The number of aromatic nitrogens is 1. The van der Waals surface area contributed by atoms with Gasteiger partial charge in [-0.3, -0.25) is 9.89 Å². The van der Waals surface area contributed by atoms with E-state index in [-0.39, 0.29) is 24.0 Å². The van der Waals surface area contributed by atoms with Crippen LogP contribution in [0.15, 0.2) is 53.7 Å². The molecule has 0 spiro atoms. The number of hydrogen-bond acceptors (Lipinski definition) is 4. The number of aliphatic imine (C=N–C) groups is 1. The zero-order chi connectivity index (χ0) is 21.2. The third-order valence-corrected chi connectivity index (χ3v) is 5.52. The molecule has 0 amide bonds. The van der Waals surface area contributed by atoms with E-state index in [4.69, 9.17) is 4.74 Å². The number of piperidine rings is 1. The SMILES string of the molecule is CCCOc1ccc(CNC(=NC)NC2CCN(Cc3ccccc3)C(C)C2)cn1.I. The van der Waals surface area contributed by atoms with Crippen molar-refractivity contribution in [1.29, 1.82) is 0 Å². The molecule has 0 radical (unpaired) electrons. The molecule has 170 valence electrons. The largest absolute Gasteiger partial charge is 0.478 e. The average molecular weight is 537 g/mol. The van der Waals surface area contributed by atoms with Crippen molar-refractivity contribution in [2.45, 2.75) is 58.3 Å². The predicted octanol–water partition coefficient (Wildman–Crippen LogP) is 4.21. The van der Waals surface area contributed by atoms with Crippen molar-refractivity contribution in [3.8, 4) is 5.88 Å². The fraction of sp³-hybridized carbons (Fsp3) is 0.500. The maximum absolute atomic E-state index is 5.54. The zero-order valence-electron chi connectivity index (χ0n) is 18.9. The minimum Gasteiger partial charge on any atom is -0.478 e. The van der Waals surface area contributed by atoms with Crippen LogP contribution in [-0.2, 0) is 13.1 Å². The minimum atomic E-state index is 0. The summed E-state index contributed by atoms with van der Waals surface area (Å²) in [6.07, 6.45) is 5.06. The van der Waals surface area contributed by atoms with Gasteiger partial charge in [0.15, 0.2) is 5.96 Å². The highest BCUT2D eigenvalue weighted by molar-refractivity contribution is 14.0. The van der Waals surface area contributed by atoms with Crippen LogP contribution in [0.4, 0.5) is 0 Å². The lowest BCUT2D eigenvalue weighted by molar-refractivity contribution is 0.134.